The third kappa shape index (κ3) is 2.96. The summed E-state index contributed by atoms with van der Waals surface area (Å²) in [7, 11) is 0. The van der Waals surface area contributed by atoms with Gasteiger partial charge in [-0.3, -0.25) is 0 Å². The Morgan fingerprint density at radius 1 is 1.07 bits per heavy atom. The first-order valence-corrected chi connectivity index (χ1v) is 8.59. The normalized spacial score (nSPS) is 10.7. The van der Waals surface area contributed by atoms with Crippen LogP contribution < -0.4 is 10.6 Å². The fourth-order valence-electron chi connectivity index (χ4n) is 3.15. The molecule has 0 radical (unpaired) electrons. The molecule has 2 aromatic carbocycles. The van der Waals surface area contributed by atoms with E-state index in [9.17, 15) is 5.26 Å². The van der Waals surface area contributed by atoms with Crippen LogP contribution in [0.2, 0.25) is 0 Å². The van der Waals surface area contributed by atoms with E-state index in [0.29, 0.717) is 29.4 Å². The van der Waals surface area contributed by atoms with Gasteiger partial charge in [0.05, 0.1) is 6.26 Å². The van der Waals surface area contributed by atoms with Crippen LogP contribution in [0.3, 0.4) is 0 Å². The molecule has 2 N–H and O–H groups in total. The number of anilines is 3. The van der Waals surface area contributed by atoms with Gasteiger partial charge in [0.2, 0.25) is 5.95 Å². The average Bonchev–Trinajstić information content (AvgIpc) is 3.23. The van der Waals surface area contributed by atoms with Crippen molar-refractivity contribution in [1.29, 1.82) is 5.26 Å². The van der Waals surface area contributed by atoms with Crippen LogP contribution in [0.15, 0.2) is 65.3 Å². The minimum absolute atomic E-state index is 0.0923. The Hall–Kier alpha value is -3.85. The summed E-state index contributed by atoms with van der Waals surface area (Å²) in [6, 6.07) is 20.0. The molecule has 4 aromatic rings. The predicted octanol–water partition coefficient (Wildman–Crippen LogP) is 4.50. The lowest BCUT2D eigenvalue weighted by atomic mass is 10.1. The standard InChI is InChI=1S/C21H17N5O/c1-2-26(16-10-9-14-6-3-4-7-15(14)12-16)20-17(13-22)19(24-21(23)25-20)18-8-5-11-27-18/h3-12H,2H2,1H3,(H2,23,24,25). The van der Waals surface area contributed by atoms with E-state index < -0.39 is 0 Å². The van der Waals surface area contributed by atoms with Gasteiger partial charge in [0, 0.05) is 12.2 Å². The number of hydrogen-bond acceptors (Lipinski definition) is 6. The second-order valence-electron chi connectivity index (χ2n) is 5.99. The van der Waals surface area contributed by atoms with Crippen molar-refractivity contribution < 1.29 is 4.42 Å². The largest absolute Gasteiger partial charge is 0.463 e. The van der Waals surface area contributed by atoms with E-state index in [4.69, 9.17) is 10.2 Å². The molecule has 4 rings (SSSR count). The number of nitriles is 1. The smallest absolute Gasteiger partial charge is 0.222 e. The fourth-order valence-corrected chi connectivity index (χ4v) is 3.15. The van der Waals surface area contributed by atoms with Crippen LogP contribution in [0, 0.1) is 11.3 Å². The molecule has 0 saturated carbocycles. The number of nitrogens with zero attached hydrogens (tertiary/aromatic N) is 4. The van der Waals surface area contributed by atoms with Crippen LogP contribution in [0.4, 0.5) is 17.5 Å². The maximum atomic E-state index is 9.81. The maximum absolute atomic E-state index is 9.81. The first-order chi connectivity index (χ1) is 13.2. The van der Waals surface area contributed by atoms with Crippen molar-refractivity contribution >= 4 is 28.2 Å². The molecule has 2 heterocycles. The van der Waals surface area contributed by atoms with Gasteiger partial charge in [0.15, 0.2) is 11.6 Å². The van der Waals surface area contributed by atoms with E-state index in [0.717, 1.165) is 16.5 Å². The van der Waals surface area contributed by atoms with Gasteiger partial charge in [0.1, 0.15) is 17.3 Å². The number of benzene rings is 2. The SMILES string of the molecule is CCN(c1ccc2ccccc2c1)c1nc(N)nc(-c2ccco2)c1C#N. The lowest BCUT2D eigenvalue weighted by Gasteiger charge is -2.24. The van der Waals surface area contributed by atoms with Gasteiger partial charge in [0.25, 0.3) is 0 Å². The lowest BCUT2D eigenvalue weighted by Crippen LogP contribution is -2.20. The number of furan rings is 1. The van der Waals surface area contributed by atoms with Gasteiger partial charge in [-0.15, -0.1) is 0 Å². The zero-order valence-corrected chi connectivity index (χ0v) is 14.8. The summed E-state index contributed by atoms with van der Waals surface area (Å²) in [6.45, 7) is 2.61. The maximum Gasteiger partial charge on any atom is 0.222 e. The molecule has 6 nitrogen and oxygen atoms in total. The van der Waals surface area contributed by atoms with Crippen LogP contribution >= 0.6 is 0 Å². The van der Waals surface area contributed by atoms with Crippen molar-refractivity contribution in [3.8, 4) is 17.5 Å². The van der Waals surface area contributed by atoms with Gasteiger partial charge in [-0.05, 0) is 42.0 Å². The van der Waals surface area contributed by atoms with E-state index in [1.54, 1.807) is 12.1 Å². The Labute approximate surface area is 156 Å². The van der Waals surface area contributed by atoms with E-state index in [1.807, 2.05) is 30.0 Å². The van der Waals surface area contributed by atoms with Gasteiger partial charge in [-0.25, -0.2) is 4.98 Å². The number of hydrogen-bond donors (Lipinski definition) is 1. The number of nitrogen functional groups attached to an aromatic ring is 1. The quantitative estimate of drug-likeness (QED) is 0.579. The van der Waals surface area contributed by atoms with Crippen LogP contribution in [0.25, 0.3) is 22.2 Å². The predicted molar refractivity (Wildman–Crippen MR) is 105 cm³/mol. The summed E-state index contributed by atoms with van der Waals surface area (Å²) in [5, 5.41) is 12.1. The summed E-state index contributed by atoms with van der Waals surface area (Å²) >= 11 is 0. The summed E-state index contributed by atoms with van der Waals surface area (Å²) in [4.78, 5) is 10.6. The van der Waals surface area contributed by atoms with E-state index >= 15 is 0 Å². The Balaban J connectivity index is 1.90. The van der Waals surface area contributed by atoms with Gasteiger partial charge in [-0.1, -0.05) is 30.3 Å². The van der Waals surface area contributed by atoms with Crippen molar-refractivity contribution in [3.63, 3.8) is 0 Å². The first-order valence-electron chi connectivity index (χ1n) is 8.59. The average molecular weight is 355 g/mol. The third-order valence-corrected chi connectivity index (χ3v) is 4.39. The molecule has 0 aliphatic heterocycles. The molecular formula is C21H17N5O. The molecule has 132 valence electrons. The molecule has 27 heavy (non-hydrogen) atoms. The van der Waals surface area contributed by atoms with Gasteiger partial charge >= 0.3 is 0 Å². The molecule has 0 amide bonds. The Bertz CT molecular complexity index is 1150. The molecule has 0 aliphatic carbocycles. The molecule has 0 atom stereocenters. The van der Waals surface area contributed by atoms with Crippen molar-refractivity contribution in [2.75, 3.05) is 17.2 Å². The number of nitrogens with two attached hydrogens (primary N) is 1. The van der Waals surface area contributed by atoms with Crippen molar-refractivity contribution in [1.82, 2.24) is 9.97 Å². The summed E-state index contributed by atoms with van der Waals surface area (Å²) in [5.41, 5.74) is 7.60. The Morgan fingerprint density at radius 3 is 2.59 bits per heavy atom. The second-order valence-corrected chi connectivity index (χ2v) is 5.99. The summed E-state index contributed by atoms with van der Waals surface area (Å²) in [5.74, 6) is 1.04. The van der Waals surface area contributed by atoms with E-state index in [2.05, 4.69) is 40.3 Å². The molecule has 6 heteroatoms. The highest BCUT2D eigenvalue weighted by Gasteiger charge is 2.22. The second kappa shape index (κ2) is 6.81. The molecule has 0 fully saturated rings. The molecule has 2 aromatic heterocycles. The van der Waals surface area contributed by atoms with Crippen LogP contribution in [0.1, 0.15) is 12.5 Å². The lowest BCUT2D eigenvalue weighted by molar-refractivity contribution is 0.579. The molecule has 0 saturated heterocycles. The molecule has 0 unspecified atom stereocenters. The van der Waals surface area contributed by atoms with Crippen LogP contribution in [0.5, 0.6) is 0 Å². The first kappa shape index (κ1) is 16.6. The molecule has 0 bridgehead atoms. The van der Waals surface area contributed by atoms with Crippen LogP contribution in [-0.4, -0.2) is 16.5 Å². The summed E-state index contributed by atoms with van der Waals surface area (Å²) < 4.78 is 5.43. The topological polar surface area (TPSA) is 92.0 Å². The highest BCUT2D eigenvalue weighted by atomic mass is 16.3. The number of fused-ring (bicyclic) bond motifs is 1. The van der Waals surface area contributed by atoms with E-state index in [-0.39, 0.29) is 5.95 Å². The van der Waals surface area contributed by atoms with Crippen LogP contribution in [-0.2, 0) is 0 Å². The third-order valence-electron chi connectivity index (χ3n) is 4.39. The summed E-state index contributed by atoms with van der Waals surface area (Å²) in [6.07, 6.45) is 1.54. The van der Waals surface area contributed by atoms with Gasteiger partial charge in [-0.2, -0.15) is 10.2 Å². The number of rotatable bonds is 4. The van der Waals surface area contributed by atoms with Crippen molar-refractivity contribution in [3.05, 3.63) is 66.4 Å². The number of aromatic nitrogens is 2. The Kier molecular flexibility index (Phi) is 4.19. The zero-order chi connectivity index (χ0) is 18.8. The Morgan fingerprint density at radius 2 is 1.89 bits per heavy atom. The minimum Gasteiger partial charge on any atom is -0.463 e. The van der Waals surface area contributed by atoms with Crippen molar-refractivity contribution in [2.24, 2.45) is 0 Å². The minimum atomic E-state index is 0.0923. The van der Waals surface area contributed by atoms with Crippen molar-refractivity contribution in [2.45, 2.75) is 6.92 Å². The molecule has 0 spiro atoms. The monoisotopic (exact) mass is 355 g/mol. The zero-order valence-electron chi connectivity index (χ0n) is 14.8. The molecular weight excluding hydrogens is 338 g/mol. The fraction of sp³-hybridized carbons (Fsp3) is 0.0952. The van der Waals surface area contributed by atoms with Gasteiger partial charge < -0.3 is 15.1 Å². The highest BCUT2D eigenvalue weighted by molar-refractivity contribution is 5.87. The molecule has 0 aliphatic rings. The highest BCUT2D eigenvalue weighted by Crippen LogP contribution is 2.34. The van der Waals surface area contributed by atoms with E-state index in [1.165, 1.54) is 6.26 Å².